The van der Waals surface area contributed by atoms with Gasteiger partial charge in [-0.1, -0.05) is 18.7 Å². The van der Waals surface area contributed by atoms with Gasteiger partial charge >= 0.3 is 5.97 Å². The number of nitrogens with zero attached hydrogens (tertiary/aromatic N) is 1. The molecule has 0 fully saturated rings. The molecule has 0 bridgehead atoms. The average Bonchev–Trinajstić information content (AvgIpc) is 3.39. The smallest absolute Gasteiger partial charge is 0.340 e. The van der Waals surface area contributed by atoms with E-state index in [1.807, 2.05) is 42.6 Å². The molecule has 0 unspecified atom stereocenters. The molecule has 0 radical (unpaired) electrons. The molecular weight excluding hydrogens is 386 g/mol. The zero-order chi connectivity index (χ0) is 20.4. The monoisotopic (exact) mass is 409 g/mol. The summed E-state index contributed by atoms with van der Waals surface area (Å²) < 4.78 is 18.9. The molecule has 4 rings (SSSR count). The summed E-state index contributed by atoms with van der Waals surface area (Å²) in [5, 5.41) is 2.02. The van der Waals surface area contributed by atoms with Crippen LogP contribution >= 0.6 is 11.3 Å². The van der Waals surface area contributed by atoms with Gasteiger partial charge in [0.2, 0.25) is 0 Å². The third-order valence-corrected chi connectivity index (χ3v) is 5.85. The molecule has 1 aliphatic rings. The Morgan fingerprint density at radius 1 is 1.31 bits per heavy atom. The van der Waals surface area contributed by atoms with E-state index in [9.17, 15) is 4.79 Å². The molecule has 0 spiro atoms. The van der Waals surface area contributed by atoms with Crippen molar-refractivity contribution in [2.24, 2.45) is 0 Å². The minimum absolute atomic E-state index is 0.295. The zero-order valence-electron chi connectivity index (χ0n) is 16.6. The normalized spacial score (nSPS) is 12.1. The number of carbonyl (C=O) groups excluding carboxylic acids is 1. The molecule has 0 saturated carbocycles. The summed E-state index contributed by atoms with van der Waals surface area (Å²) in [7, 11) is 1.64. The second kappa shape index (κ2) is 8.17. The van der Waals surface area contributed by atoms with Crippen molar-refractivity contribution in [3.05, 3.63) is 59.5 Å². The molecule has 2 aromatic heterocycles. The number of fused-ring (bicyclic) bond motifs is 3. The second-order valence-corrected chi connectivity index (χ2v) is 7.60. The van der Waals surface area contributed by atoms with Crippen molar-refractivity contribution in [2.45, 2.75) is 19.9 Å². The highest BCUT2D eigenvalue weighted by Crippen LogP contribution is 2.43. The molecule has 150 valence electrons. The summed E-state index contributed by atoms with van der Waals surface area (Å²) in [6.07, 6.45) is 2.55. The van der Waals surface area contributed by atoms with Crippen LogP contribution in [0.4, 0.5) is 0 Å². The predicted molar refractivity (Wildman–Crippen MR) is 115 cm³/mol. The quantitative estimate of drug-likeness (QED) is 0.398. The third-order valence-electron chi connectivity index (χ3n) is 4.97. The summed E-state index contributed by atoms with van der Waals surface area (Å²) in [5.74, 6) is 1.07. The topological polar surface area (TPSA) is 49.7 Å². The summed E-state index contributed by atoms with van der Waals surface area (Å²) in [6, 6.07) is 10.00. The highest BCUT2D eigenvalue weighted by Gasteiger charge is 2.28. The number of hydrogen-bond acceptors (Lipinski definition) is 5. The van der Waals surface area contributed by atoms with Crippen LogP contribution in [0.3, 0.4) is 0 Å². The van der Waals surface area contributed by atoms with E-state index in [1.165, 1.54) is 5.56 Å². The largest absolute Gasteiger partial charge is 0.493 e. The highest BCUT2D eigenvalue weighted by molar-refractivity contribution is 7.13. The van der Waals surface area contributed by atoms with E-state index in [0.717, 1.165) is 34.8 Å². The Morgan fingerprint density at radius 3 is 2.86 bits per heavy atom. The van der Waals surface area contributed by atoms with Crippen LogP contribution in [0.5, 0.6) is 11.5 Å². The standard InChI is InChI=1S/C23H23NO4S/c1-4-10-28-20-14-16-15(12-19(20)26-3)8-9-24-18(16)13-17(23(25)27-5-2)22(24)21-7-6-11-29-21/h4,6-7,11-14H,1,5,8-10H2,2-3H3. The van der Waals surface area contributed by atoms with Crippen molar-refractivity contribution in [3.63, 3.8) is 0 Å². The van der Waals surface area contributed by atoms with E-state index in [-0.39, 0.29) is 5.97 Å². The van der Waals surface area contributed by atoms with Crippen molar-refractivity contribution in [1.82, 2.24) is 4.57 Å². The summed E-state index contributed by atoms with van der Waals surface area (Å²) in [6.45, 7) is 7.06. The number of benzene rings is 1. The molecule has 1 aromatic carbocycles. The Balaban J connectivity index is 1.89. The SMILES string of the molecule is C=CCOc1cc2c(cc1OC)CCn1c-2cc(C(=O)OCC)c1-c1cccs1. The first-order valence-electron chi connectivity index (χ1n) is 9.57. The number of methoxy groups -OCH3 is 1. The van der Waals surface area contributed by atoms with Crippen LogP contribution in [-0.4, -0.2) is 30.9 Å². The molecule has 5 nitrogen and oxygen atoms in total. The summed E-state index contributed by atoms with van der Waals surface area (Å²) >= 11 is 1.62. The molecule has 29 heavy (non-hydrogen) atoms. The van der Waals surface area contributed by atoms with Crippen molar-refractivity contribution >= 4 is 17.3 Å². The Labute approximate surface area is 174 Å². The number of aryl methyl sites for hydroxylation is 1. The van der Waals surface area contributed by atoms with Crippen LogP contribution in [-0.2, 0) is 17.7 Å². The minimum atomic E-state index is -0.295. The Morgan fingerprint density at radius 2 is 2.17 bits per heavy atom. The van der Waals surface area contributed by atoms with Gasteiger partial charge in [0.05, 0.1) is 29.9 Å². The van der Waals surface area contributed by atoms with Crippen molar-refractivity contribution in [1.29, 1.82) is 0 Å². The molecule has 3 aromatic rings. The Hall–Kier alpha value is -2.99. The number of thiophene rings is 1. The molecule has 0 saturated heterocycles. The van der Waals surface area contributed by atoms with Gasteiger partial charge in [-0.05, 0) is 48.6 Å². The number of hydrogen-bond donors (Lipinski definition) is 0. The van der Waals surface area contributed by atoms with Gasteiger partial charge in [0.1, 0.15) is 6.61 Å². The Bertz CT molecular complexity index is 1050. The molecule has 0 atom stereocenters. The molecular formula is C23H23NO4S. The third kappa shape index (κ3) is 3.44. The summed E-state index contributed by atoms with van der Waals surface area (Å²) in [4.78, 5) is 13.8. The zero-order valence-corrected chi connectivity index (χ0v) is 17.4. The maximum absolute atomic E-state index is 12.7. The summed E-state index contributed by atoms with van der Waals surface area (Å²) in [5.41, 5.74) is 4.73. The van der Waals surface area contributed by atoms with Crippen molar-refractivity contribution in [3.8, 4) is 33.3 Å². The van der Waals surface area contributed by atoms with Crippen LogP contribution in [0.2, 0.25) is 0 Å². The van der Waals surface area contributed by atoms with E-state index in [4.69, 9.17) is 14.2 Å². The maximum Gasteiger partial charge on any atom is 0.340 e. The molecule has 1 aliphatic heterocycles. The first-order chi connectivity index (χ1) is 14.2. The Kier molecular flexibility index (Phi) is 5.45. The van der Waals surface area contributed by atoms with Gasteiger partial charge in [-0.3, -0.25) is 0 Å². The van der Waals surface area contributed by atoms with Gasteiger partial charge in [0.25, 0.3) is 0 Å². The number of aromatic nitrogens is 1. The van der Waals surface area contributed by atoms with E-state index < -0.39 is 0 Å². The van der Waals surface area contributed by atoms with Gasteiger partial charge in [-0.2, -0.15) is 0 Å². The van der Waals surface area contributed by atoms with Crippen LogP contribution < -0.4 is 9.47 Å². The molecule has 0 N–H and O–H groups in total. The van der Waals surface area contributed by atoms with Gasteiger partial charge in [0.15, 0.2) is 11.5 Å². The van der Waals surface area contributed by atoms with Gasteiger partial charge in [0, 0.05) is 17.8 Å². The van der Waals surface area contributed by atoms with E-state index in [2.05, 4.69) is 11.1 Å². The van der Waals surface area contributed by atoms with Crippen LogP contribution in [0, 0.1) is 0 Å². The van der Waals surface area contributed by atoms with Crippen LogP contribution in [0.1, 0.15) is 22.8 Å². The van der Waals surface area contributed by atoms with E-state index >= 15 is 0 Å². The van der Waals surface area contributed by atoms with Gasteiger partial charge in [-0.25, -0.2) is 4.79 Å². The highest BCUT2D eigenvalue weighted by atomic mass is 32.1. The second-order valence-electron chi connectivity index (χ2n) is 6.65. The average molecular weight is 410 g/mol. The lowest BCUT2D eigenvalue weighted by molar-refractivity contribution is 0.0527. The number of esters is 1. The maximum atomic E-state index is 12.7. The lowest BCUT2D eigenvalue weighted by atomic mass is 9.97. The molecule has 0 aliphatic carbocycles. The van der Waals surface area contributed by atoms with E-state index in [0.29, 0.717) is 30.3 Å². The number of carbonyl (C=O) groups is 1. The number of ether oxygens (including phenoxy) is 3. The first-order valence-corrected chi connectivity index (χ1v) is 10.4. The lowest BCUT2D eigenvalue weighted by Gasteiger charge is -2.23. The van der Waals surface area contributed by atoms with Gasteiger partial charge in [-0.15, -0.1) is 11.3 Å². The number of rotatable bonds is 7. The molecule has 6 heteroatoms. The van der Waals surface area contributed by atoms with Crippen molar-refractivity contribution in [2.75, 3.05) is 20.3 Å². The fraction of sp³-hybridized carbons (Fsp3) is 0.261. The fourth-order valence-corrected chi connectivity index (χ4v) is 4.54. The fourth-order valence-electron chi connectivity index (χ4n) is 3.75. The minimum Gasteiger partial charge on any atom is -0.493 e. The van der Waals surface area contributed by atoms with Crippen LogP contribution in [0.25, 0.3) is 21.8 Å². The first kappa shape index (κ1) is 19.3. The molecule has 0 amide bonds. The molecule has 3 heterocycles. The van der Waals surface area contributed by atoms with Gasteiger partial charge < -0.3 is 18.8 Å². The lowest BCUT2D eigenvalue weighted by Crippen LogP contribution is -2.13. The van der Waals surface area contributed by atoms with E-state index in [1.54, 1.807) is 24.5 Å². The van der Waals surface area contributed by atoms with Crippen LogP contribution in [0.15, 0.2) is 48.4 Å². The predicted octanol–water partition coefficient (Wildman–Crippen LogP) is 5.19. The van der Waals surface area contributed by atoms with Crippen molar-refractivity contribution < 1.29 is 19.0 Å².